The van der Waals surface area contributed by atoms with Crippen LogP contribution in [0.25, 0.3) is 0 Å². The van der Waals surface area contributed by atoms with Gasteiger partial charge in [-0.2, -0.15) is 0 Å². The summed E-state index contributed by atoms with van der Waals surface area (Å²) in [5, 5.41) is 10.5. The van der Waals surface area contributed by atoms with Gasteiger partial charge in [0.25, 0.3) is 0 Å². The van der Waals surface area contributed by atoms with Gasteiger partial charge in [0.1, 0.15) is 12.4 Å². The number of ether oxygens (including phenoxy) is 3. The topological polar surface area (TPSA) is 64.3 Å². The lowest BCUT2D eigenvalue weighted by molar-refractivity contribution is 0.00252. The molecule has 6 heteroatoms. The summed E-state index contributed by atoms with van der Waals surface area (Å²) in [5.74, 6) is 2.13. The van der Waals surface area contributed by atoms with E-state index in [1.807, 2.05) is 48.5 Å². The van der Waals surface area contributed by atoms with E-state index >= 15 is 0 Å². The molecule has 0 aliphatic heterocycles. The molecule has 1 N–H and O–H groups in total. The first-order valence-electron chi connectivity index (χ1n) is 9.93. The van der Waals surface area contributed by atoms with Crippen LogP contribution in [0.4, 0.5) is 0 Å². The molecule has 0 aliphatic carbocycles. The van der Waals surface area contributed by atoms with E-state index in [1.165, 1.54) is 5.56 Å². The molecule has 0 fully saturated rings. The Morgan fingerprint density at radius 1 is 0.900 bits per heavy atom. The van der Waals surface area contributed by atoms with E-state index in [4.69, 9.17) is 18.6 Å². The van der Waals surface area contributed by atoms with E-state index in [2.05, 4.69) is 17.0 Å². The summed E-state index contributed by atoms with van der Waals surface area (Å²) in [6.07, 6.45) is 0.989. The maximum absolute atomic E-state index is 10.5. The molecule has 3 rings (SSSR count). The lowest BCUT2D eigenvalue weighted by Gasteiger charge is -2.25. The van der Waals surface area contributed by atoms with Crippen LogP contribution in [-0.4, -0.2) is 43.5 Å². The highest BCUT2D eigenvalue weighted by Gasteiger charge is 2.15. The molecule has 0 bridgehead atoms. The highest BCUT2D eigenvalue weighted by molar-refractivity contribution is 5.42. The summed E-state index contributed by atoms with van der Waals surface area (Å²) >= 11 is 0. The third-order valence-corrected chi connectivity index (χ3v) is 4.71. The van der Waals surface area contributed by atoms with Crippen molar-refractivity contribution in [3.63, 3.8) is 0 Å². The highest BCUT2D eigenvalue weighted by atomic mass is 16.5. The van der Waals surface area contributed by atoms with Crippen molar-refractivity contribution >= 4 is 0 Å². The Morgan fingerprint density at radius 3 is 2.37 bits per heavy atom. The van der Waals surface area contributed by atoms with Gasteiger partial charge >= 0.3 is 0 Å². The van der Waals surface area contributed by atoms with Gasteiger partial charge in [-0.15, -0.1) is 0 Å². The molecule has 0 saturated carbocycles. The molecule has 160 valence electrons. The van der Waals surface area contributed by atoms with Gasteiger partial charge in [-0.25, -0.2) is 0 Å². The van der Waals surface area contributed by atoms with Crippen LogP contribution in [-0.2, 0) is 24.4 Å². The van der Waals surface area contributed by atoms with Crippen molar-refractivity contribution in [3.8, 4) is 11.5 Å². The Balaban J connectivity index is 1.63. The monoisotopic (exact) mass is 411 g/mol. The average Bonchev–Trinajstić information content (AvgIpc) is 3.28. The second-order valence-electron chi connectivity index (χ2n) is 7.09. The van der Waals surface area contributed by atoms with E-state index in [0.717, 1.165) is 11.3 Å². The van der Waals surface area contributed by atoms with E-state index < -0.39 is 6.10 Å². The Bertz CT molecular complexity index is 867. The second kappa shape index (κ2) is 11.4. The standard InChI is InChI=1S/C24H29NO5/c1-27-23-11-10-20(13-24(23)28-2)15-25(14-19-7-4-3-5-8-19)16-21(26)17-29-18-22-9-6-12-30-22/h3-13,21,26H,14-18H2,1-2H3/t21-/m1/s1. The van der Waals surface area contributed by atoms with Crippen LogP contribution in [0.2, 0.25) is 0 Å². The first-order chi connectivity index (χ1) is 14.7. The Labute approximate surface area is 177 Å². The number of aliphatic hydroxyl groups excluding tert-OH is 1. The number of hydrogen-bond acceptors (Lipinski definition) is 6. The first kappa shape index (κ1) is 21.9. The molecule has 1 aromatic heterocycles. The van der Waals surface area contributed by atoms with Crippen LogP contribution in [0, 0.1) is 0 Å². The number of rotatable bonds is 12. The predicted molar refractivity (Wildman–Crippen MR) is 114 cm³/mol. The van der Waals surface area contributed by atoms with Crippen LogP contribution in [0.3, 0.4) is 0 Å². The molecule has 6 nitrogen and oxygen atoms in total. The van der Waals surface area contributed by atoms with Gasteiger partial charge in [-0.3, -0.25) is 4.90 Å². The molecule has 1 atom stereocenters. The molecule has 0 saturated heterocycles. The number of hydrogen-bond donors (Lipinski definition) is 1. The Hall–Kier alpha value is -2.80. The zero-order valence-electron chi connectivity index (χ0n) is 17.5. The van der Waals surface area contributed by atoms with Gasteiger partial charge < -0.3 is 23.7 Å². The molecule has 0 aliphatic rings. The largest absolute Gasteiger partial charge is 0.493 e. The lowest BCUT2D eigenvalue weighted by Crippen LogP contribution is -2.34. The maximum atomic E-state index is 10.5. The minimum atomic E-state index is -0.621. The number of furan rings is 1. The Morgan fingerprint density at radius 2 is 1.67 bits per heavy atom. The maximum Gasteiger partial charge on any atom is 0.161 e. The fourth-order valence-electron chi connectivity index (χ4n) is 3.30. The van der Waals surface area contributed by atoms with Crippen LogP contribution >= 0.6 is 0 Å². The predicted octanol–water partition coefficient (Wildman–Crippen LogP) is 3.88. The van der Waals surface area contributed by atoms with Gasteiger partial charge in [-0.1, -0.05) is 36.4 Å². The van der Waals surface area contributed by atoms with Crippen molar-refractivity contribution in [1.29, 1.82) is 0 Å². The van der Waals surface area contributed by atoms with Gasteiger partial charge in [0.05, 0.1) is 33.2 Å². The van der Waals surface area contributed by atoms with Crippen molar-refractivity contribution in [2.75, 3.05) is 27.4 Å². The number of aliphatic hydroxyl groups is 1. The second-order valence-corrected chi connectivity index (χ2v) is 7.09. The molecule has 0 amide bonds. The molecule has 1 heterocycles. The summed E-state index contributed by atoms with van der Waals surface area (Å²) in [7, 11) is 3.25. The zero-order chi connectivity index (χ0) is 21.2. The average molecular weight is 411 g/mol. The summed E-state index contributed by atoms with van der Waals surface area (Å²) in [6.45, 7) is 2.42. The lowest BCUT2D eigenvalue weighted by atomic mass is 10.1. The van der Waals surface area contributed by atoms with Crippen LogP contribution in [0.1, 0.15) is 16.9 Å². The van der Waals surface area contributed by atoms with Crippen molar-refractivity contribution in [3.05, 3.63) is 83.8 Å². The first-order valence-corrected chi connectivity index (χ1v) is 9.93. The SMILES string of the molecule is COc1ccc(CN(Cc2ccccc2)C[C@@H](O)COCc2ccco2)cc1OC. The summed E-state index contributed by atoms with van der Waals surface area (Å²) < 4.78 is 21.6. The smallest absolute Gasteiger partial charge is 0.161 e. The van der Waals surface area contributed by atoms with Crippen LogP contribution in [0.5, 0.6) is 11.5 Å². The minimum Gasteiger partial charge on any atom is -0.493 e. The molecule has 3 aromatic rings. The molecule has 0 unspecified atom stereocenters. The van der Waals surface area contributed by atoms with Crippen LogP contribution < -0.4 is 9.47 Å². The zero-order valence-corrected chi connectivity index (χ0v) is 17.5. The van der Waals surface area contributed by atoms with E-state index in [0.29, 0.717) is 37.7 Å². The molecular weight excluding hydrogens is 382 g/mol. The molecule has 30 heavy (non-hydrogen) atoms. The summed E-state index contributed by atoms with van der Waals surface area (Å²) in [4.78, 5) is 2.19. The van der Waals surface area contributed by atoms with E-state index in [1.54, 1.807) is 20.5 Å². The van der Waals surface area contributed by atoms with Gasteiger partial charge in [0.2, 0.25) is 0 Å². The van der Waals surface area contributed by atoms with Crippen molar-refractivity contribution in [1.82, 2.24) is 4.90 Å². The minimum absolute atomic E-state index is 0.234. The van der Waals surface area contributed by atoms with Gasteiger partial charge in [-0.05, 0) is 35.4 Å². The molecule has 0 radical (unpaired) electrons. The van der Waals surface area contributed by atoms with Gasteiger partial charge in [0.15, 0.2) is 11.5 Å². The highest BCUT2D eigenvalue weighted by Crippen LogP contribution is 2.28. The van der Waals surface area contributed by atoms with E-state index in [-0.39, 0.29) is 6.61 Å². The molecule has 0 spiro atoms. The third kappa shape index (κ3) is 6.62. The number of methoxy groups -OCH3 is 2. The van der Waals surface area contributed by atoms with Crippen molar-refractivity contribution in [2.24, 2.45) is 0 Å². The van der Waals surface area contributed by atoms with E-state index in [9.17, 15) is 5.11 Å². The third-order valence-electron chi connectivity index (χ3n) is 4.71. The summed E-state index contributed by atoms with van der Waals surface area (Å²) in [5.41, 5.74) is 2.26. The number of benzene rings is 2. The van der Waals surface area contributed by atoms with Crippen molar-refractivity contribution in [2.45, 2.75) is 25.8 Å². The summed E-state index contributed by atoms with van der Waals surface area (Å²) in [6, 6.07) is 19.8. The molecular formula is C24H29NO5. The normalized spacial score (nSPS) is 12.1. The fourth-order valence-corrected chi connectivity index (χ4v) is 3.30. The quantitative estimate of drug-likeness (QED) is 0.488. The molecule has 2 aromatic carbocycles. The van der Waals surface area contributed by atoms with Gasteiger partial charge in [0, 0.05) is 19.6 Å². The number of nitrogens with zero attached hydrogens (tertiary/aromatic N) is 1. The fraction of sp³-hybridized carbons (Fsp3) is 0.333. The Kier molecular flexibility index (Phi) is 8.32. The van der Waals surface area contributed by atoms with Crippen LogP contribution in [0.15, 0.2) is 71.3 Å². The van der Waals surface area contributed by atoms with Crippen molar-refractivity contribution < 1.29 is 23.7 Å².